The van der Waals surface area contributed by atoms with E-state index < -0.39 is 0 Å². The van der Waals surface area contributed by atoms with Gasteiger partial charge in [-0.15, -0.1) is 11.3 Å². The first-order valence-electron chi connectivity index (χ1n) is 5.23. The number of halogens is 1. The quantitative estimate of drug-likeness (QED) is 0.919. The van der Waals surface area contributed by atoms with Gasteiger partial charge in [0.1, 0.15) is 0 Å². The van der Waals surface area contributed by atoms with Crippen LogP contribution in [0.25, 0.3) is 0 Å². The Balaban J connectivity index is 2.36. The summed E-state index contributed by atoms with van der Waals surface area (Å²) in [6.45, 7) is 5.20. The zero-order valence-corrected chi connectivity index (χ0v) is 11.7. The molecule has 4 heteroatoms. The fourth-order valence-electron chi connectivity index (χ4n) is 1.80. The highest BCUT2D eigenvalue weighted by Gasteiger charge is 2.18. The molecule has 1 unspecified atom stereocenters. The van der Waals surface area contributed by atoms with Gasteiger partial charge in [-0.05, 0) is 47.1 Å². The molecule has 0 radical (unpaired) electrons. The van der Waals surface area contributed by atoms with Crippen molar-refractivity contribution in [2.75, 3.05) is 6.54 Å². The van der Waals surface area contributed by atoms with Crippen molar-refractivity contribution in [3.8, 4) is 0 Å². The lowest BCUT2D eigenvalue weighted by Crippen LogP contribution is -2.21. The van der Waals surface area contributed by atoms with Crippen LogP contribution >= 0.6 is 27.3 Å². The minimum Gasteiger partial charge on any atom is -0.472 e. The molecule has 86 valence electrons. The van der Waals surface area contributed by atoms with Crippen LogP contribution in [0.1, 0.15) is 29.0 Å². The molecule has 0 fully saturated rings. The molecular weight excluding hydrogens is 286 g/mol. The molecule has 0 saturated carbocycles. The van der Waals surface area contributed by atoms with Crippen LogP contribution in [0.3, 0.4) is 0 Å². The number of nitrogens with one attached hydrogen (secondary N) is 1. The Morgan fingerprint density at radius 2 is 2.38 bits per heavy atom. The minimum atomic E-state index is 0.228. The van der Waals surface area contributed by atoms with E-state index in [1.165, 1.54) is 19.8 Å². The molecule has 0 aliphatic heterocycles. The minimum absolute atomic E-state index is 0.228. The Labute approximate surface area is 108 Å². The maximum atomic E-state index is 5.16. The Morgan fingerprint density at radius 3 is 2.88 bits per heavy atom. The summed E-state index contributed by atoms with van der Waals surface area (Å²) in [6, 6.07) is 4.42. The van der Waals surface area contributed by atoms with Gasteiger partial charge in [0.25, 0.3) is 0 Å². The number of hydrogen-bond acceptors (Lipinski definition) is 3. The molecule has 1 N–H and O–H groups in total. The van der Waals surface area contributed by atoms with Crippen LogP contribution in [0.2, 0.25) is 0 Å². The highest BCUT2D eigenvalue weighted by molar-refractivity contribution is 9.11. The van der Waals surface area contributed by atoms with Gasteiger partial charge in [-0.25, -0.2) is 0 Å². The molecule has 0 aliphatic carbocycles. The van der Waals surface area contributed by atoms with Crippen LogP contribution in [-0.2, 0) is 0 Å². The van der Waals surface area contributed by atoms with Crippen molar-refractivity contribution in [2.45, 2.75) is 19.9 Å². The fraction of sp³-hybridized carbons (Fsp3) is 0.333. The second-order valence-corrected chi connectivity index (χ2v) is 6.24. The number of hydrogen-bond donors (Lipinski definition) is 1. The molecule has 16 heavy (non-hydrogen) atoms. The molecule has 2 aromatic rings. The summed E-state index contributed by atoms with van der Waals surface area (Å²) in [7, 11) is 0. The molecule has 0 amide bonds. The summed E-state index contributed by atoms with van der Waals surface area (Å²) >= 11 is 5.30. The van der Waals surface area contributed by atoms with Crippen LogP contribution < -0.4 is 5.32 Å². The van der Waals surface area contributed by atoms with Crippen LogP contribution in [0.5, 0.6) is 0 Å². The SMILES string of the molecule is CCNC(c1ccoc1)c1cc(Br)sc1C. The lowest BCUT2D eigenvalue weighted by molar-refractivity contribution is 0.553. The first kappa shape index (κ1) is 11.9. The van der Waals surface area contributed by atoms with E-state index in [2.05, 4.69) is 41.2 Å². The van der Waals surface area contributed by atoms with Gasteiger partial charge in [-0.3, -0.25) is 0 Å². The van der Waals surface area contributed by atoms with E-state index in [0.717, 1.165) is 6.54 Å². The number of furan rings is 1. The molecule has 0 aliphatic rings. The molecule has 2 nitrogen and oxygen atoms in total. The van der Waals surface area contributed by atoms with Gasteiger partial charge in [0, 0.05) is 10.4 Å². The van der Waals surface area contributed by atoms with Crippen LogP contribution in [0.15, 0.2) is 32.9 Å². The van der Waals surface area contributed by atoms with Crippen molar-refractivity contribution in [3.05, 3.63) is 44.4 Å². The third kappa shape index (κ3) is 2.39. The average Bonchev–Trinajstić information content (AvgIpc) is 2.85. The van der Waals surface area contributed by atoms with Crippen molar-refractivity contribution in [2.24, 2.45) is 0 Å². The molecule has 0 aromatic carbocycles. The highest BCUT2D eigenvalue weighted by atomic mass is 79.9. The van der Waals surface area contributed by atoms with Crippen LogP contribution in [0, 0.1) is 6.92 Å². The predicted octanol–water partition coefficient (Wildman–Crippen LogP) is 4.11. The highest BCUT2D eigenvalue weighted by Crippen LogP contribution is 2.33. The molecule has 2 heterocycles. The van der Waals surface area contributed by atoms with Crippen molar-refractivity contribution in [3.63, 3.8) is 0 Å². The molecule has 2 aromatic heterocycles. The summed E-state index contributed by atoms with van der Waals surface area (Å²) in [6.07, 6.45) is 3.52. The van der Waals surface area contributed by atoms with E-state index in [1.54, 1.807) is 23.9 Å². The van der Waals surface area contributed by atoms with E-state index in [0.29, 0.717) is 0 Å². The number of thiophene rings is 1. The Bertz CT molecular complexity index is 450. The normalized spacial score (nSPS) is 12.9. The summed E-state index contributed by atoms with van der Waals surface area (Å²) < 4.78 is 6.33. The molecular formula is C12H14BrNOS. The molecule has 2 rings (SSSR count). The second kappa shape index (κ2) is 5.17. The van der Waals surface area contributed by atoms with Gasteiger partial charge < -0.3 is 9.73 Å². The first-order valence-corrected chi connectivity index (χ1v) is 6.84. The number of aryl methyl sites for hydroxylation is 1. The van der Waals surface area contributed by atoms with Crippen LogP contribution in [0.4, 0.5) is 0 Å². The largest absolute Gasteiger partial charge is 0.472 e. The van der Waals surface area contributed by atoms with Gasteiger partial charge in [0.15, 0.2) is 0 Å². The standard InChI is InChI=1S/C12H14BrNOS/c1-3-14-12(9-4-5-15-7-9)10-6-11(13)16-8(10)2/h4-7,12,14H,3H2,1-2H3. The molecule has 0 saturated heterocycles. The smallest absolute Gasteiger partial charge is 0.0953 e. The zero-order chi connectivity index (χ0) is 11.5. The van der Waals surface area contributed by atoms with Gasteiger partial charge in [0.2, 0.25) is 0 Å². The van der Waals surface area contributed by atoms with E-state index in [-0.39, 0.29) is 6.04 Å². The van der Waals surface area contributed by atoms with Gasteiger partial charge in [-0.1, -0.05) is 6.92 Å². The van der Waals surface area contributed by atoms with Crippen LogP contribution in [-0.4, -0.2) is 6.54 Å². The average molecular weight is 300 g/mol. The predicted molar refractivity (Wildman–Crippen MR) is 71.0 cm³/mol. The molecule has 0 spiro atoms. The zero-order valence-electron chi connectivity index (χ0n) is 9.29. The Hall–Kier alpha value is -0.580. The lowest BCUT2D eigenvalue weighted by Gasteiger charge is -2.16. The number of rotatable bonds is 4. The van der Waals surface area contributed by atoms with Crippen molar-refractivity contribution in [1.82, 2.24) is 5.32 Å². The van der Waals surface area contributed by atoms with E-state index in [9.17, 15) is 0 Å². The Morgan fingerprint density at radius 1 is 1.56 bits per heavy atom. The summed E-state index contributed by atoms with van der Waals surface area (Å²) in [5.41, 5.74) is 2.50. The van der Waals surface area contributed by atoms with Gasteiger partial charge in [-0.2, -0.15) is 0 Å². The third-order valence-electron chi connectivity index (χ3n) is 2.52. The van der Waals surface area contributed by atoms with Crippen molar-refractivity contribution in [1.29, 1.82) is 0 Å². The maximum Gasteiger partial charge on any atom is 0.0953 e. The summed E-state index contributed by atoms with van der Waals surface area (Å²) in [4.78, 5) is 1.33. The van der Waals surface area contributed by atoms with E-state index in [4.69, 9.17) is 4.42 Å². The topological polar surface area (TPSA) is 25.2 Å². The van der Waals surface area contributed by atoms with Crippen molar-refractivity contribution >= 4 is 27.3 Å². The first-order chi connectivity index (χ1) is 7.72. The lowest BCUT2D eigenvalue weighted by atomic mass is 10.0. The fourth-order valence-corrected chi connectivity index (χ4v) is 3.54. The Kier molecular flexibility index (Phi) is 3.84. The third-order valence-corrected chi connectivity index (χ3v) is 4.09. The monoisotopic (exact) mass is 299 g/mol. The van der Waals surface area contributed by atoms with Gasteiger partial charge in [0.05, 0.1) is 22.4 Å². The van der Waals surface area contributed by atoms with E-state index in [1.807, 2.05) is 6.07 Å². The second-order valence-electron chi connectivity index (χ2n) is 3.61. The van der Waals surface area contributed by atoms with E-state index >= 15 is 0 Å². The summed E-state index contributed by atoms with van der Waals surface area (Å²) in [5.74, 6) is 0. The van der Waals surface area contributed by atoms with Gasteiger partial charge >= 0.3 is 0 Å². The molecule has 1 atom stereocenters. The van der Waals surface area contributed by atoms with Crippen molar-refractivity contribution < 1.29 is 4.42 Å². The molecule has 0 bridgehead atoms. The maximum absolute atomic E-state index is 5.16. The summed E-state index contributed by atoms with van der Waals surface area (Å²) in [5, 5.41) is 3.48.